The van der Waals surface area contributed by atoms with Gasteiger partial charge in [-0.3, -0.25) is 5.32 Å². The summed E-state index contributed by atoms with van der Waals surface area (Å²) in [6.07, 6.45) is 0.177. The lowest BCUT2D eigenvalue weighted by molar-refractivity contribution is 0.00578. The van der Waals surface area contributed by atoms with Crippen molar-refractivity contribution in [2.24, 2.45) is 0 Å². The zero-order valence-corrected chi connectivity index (χ0v) is 14.4. The average molecular weight is 301 g/mol. The highest BCUT2D eigenvalue weighted by atomic mass is 16.7. The molecule has 0 bridgehead atoms. The molecule has 4 rings (SSSR count). The quantitative estimate of drug-likeness (QED) is 0.744. The lowest BCUT2D eigenvalue weighted by Gasteiger charge is -2.43. The Labute approximate surface area is 133 Å². The van der Waals surface area contributed by atoms with Crippen LogP contribution < -0.4 is 10.8 Å². The molecule has 3 aliphatic heterocycles. The predicted octanol–water partition coefficient (Wildman–Crippen LogP) is 2.13. The molecule has 1 aromatic carbocycles. The van der Waals surface area contributed by atoms with Crippen LogP contribution in [0.4, 0.5) is 0 Å². The van der Waals surface area contributed by atoms with Gasteiger partial charge >= 0.3 is 6.69 Å². The van der Waals surface area contributed by atoms with Crippen LogP contribution in [0.15, 0.2) is 24.3 Å². The standard InChI is InChI=1S/C17H26BN2O2/c1-15(2)11-20-14(19-15)12-9-7-8-10-13(12)18(20)21-16(3,4)17(5,6)22-18/h7-10,14,19H,11H2,1-6H3/q-1/t14-/m1/s1. The van der Waals surface area contributed by atoms with Crippen LogP contribution in [0.2, 0.25) is 0 Å². The maximum Gasteiger partial charge on any atom is 0.350 e. The maximum atomic E-state index is 6.67. The molecule has 0 radical (unpaired) electrons. The third-order valence-corrected chi connectivity index (χ3v) is 5.92. The summed E-state index contributed by atoms with van der Waals surface area (Å²) < 4.78 is 13.3. The number of hydrogen-bond acceptors (Lipinski definition) is 4. The number of nitrogens with zero attached hydrogens (tertiary/aromatic N) is 1. The Morgan fingerprint density at radius 2 is 1.64 bits per heavy atom. The first-order valence-electron chi connectivity index (χ1n) is 8.26. The van der Waals surface area contributed by atoms with E-state index in [1.165, 1.54) is 11.0 Å². The van der Waals surface area contributed by atoms with Crippen LogP contribution >= 0.6 is 0 Å². The third-order valence-electron chi connectivity index (χ3n) is 5.92. The molecule has 4 nitrogen and oxygen atoms in total. The number of nitrogens with one attached hydrogen (secondary N) is 1. The lowest BCUT2D eigenvalue weighted by Crippen LogP contribution is -2.61. The fourth-order valence-electron chi connectivity index (χ4n) is 4.26. The molecule has 0 aromatic heterocycles. The monoisotopic (exact) mass is 301 g/mol. The Kier molecular flexibility index (Phi) is 2.64. The fraction of sp³-hybridized carbons (Fsp3) is 0.647. The molecule has 0 unspecified atom stereocenters. The first kappa shape index (κ1) is 14.7. The van der Waals surface area contributed by atoms with E-state index >= 15 is 0 Å². The van der Waals surface area contributed by atoms with Crippen LogP contribution in [0.25, 0.3) is 0 Å². The molecule has 0 amide bonds. The SMILES string of the molecule is CC1(C)CN2[C@@H](N1)c1ccccc1[B-]21OC(C)(C)C(C)(C)O1. The number of fused-ring (bicyclic) bond motifs is 5. The van der Waals surface area contributed by atoms with Crippen molar-refractivity contribution < 1.29 is 9.31 Å². The molecule has 1 aromatic rings. The number of hydrogen-bond donors (Lipinski definition) is 1. The fourth-order valence-corrected chi connectivity index (χ4v) is 4.26. The van der Waals surface area contributed by atoms with Crippen LogP contribution in [0.1, 0.15) is 53.3 Å². The maximum absolute atomic E-state index is 6.67. The van der Waals surface area contributed by atoms with Gasteiger partial charge in [0.15, 0.2) is 0 Å². The molecule has 0 saturated carbocycles. The molecular formula is C17H26BN2O2-. The minimum absolute atomic E-state index is 0.0521. The zero-order valence-electron chi connectivity index (χ0n) is 14.4. The van der Waals surface area contributed by atoms with E-state index in [9.17, 15) is 0 Å². The van der Waals surface area contributed by atoms with Gasteiger partial charge in [0.25, 0.3) is 0 Å². The van der Waals surface area contributed by atoms with Crippen molar-refractivity contribution in [1.82, 2.24) is 10.1 Å². The van der Waals surface area contributed by atoms with Crippen LogP contribution in [0.5, 0.6) is 0 Å². The highest BCUT2D eigenvalue weighted by molar-refractivity contribution is 6.80. The molecule has 1 atom stereocenters. The molecule has 3 heterocycles. The lowest BCUT2D eigenvalue weighted by atomic mass is 9.63. The van der Waals surface area contributed by atoms with Crippen LogP contribution in [0, 0.1) is 0 Å². The van der Waals surface area contributed by atoms with Gasteiger partial charge in [-0.2, -0.15) is 0 Å². The van der Waals surface area contributed by atoms with Crippen molar-refractivity contribution in [3.05, 3.63) is 29.8 Å². The van der Waals surface area contributed by atoms with E-state index in [4.69, 9.17) is 9.31 Å². The minimum atomic E-state index is -1.60. The van der Waals surface area contributed by atoms with E-state index in [0.29, 0.717) is 0 Å². The molecule has 22 heavy (non-hydrogen) atoms. The van der Waals surface area contributed by atoms with Gasteiger partial charge in [-0.15, -0.1) is 5.46 Å². The molecule has 0 aliphatic carbocycles. The van der Waals surface area contributed by atoms with Gasteiger partial charge in [-0.1, -0.05) is 24.3 Å². The molecule has 2 saturated heterocycles. The van der Waals surface area contributed by atoms with Gasteiger partial charge in [-0.25, -0.2) is 0 Å². The summed E-state index contributed by atoms with van der Waals surface area (Å²) in [4.78, 5) is 2.40. The summed E-state index contributed by atoms with van der Waals surface area (Å²) in [6.45, 7) is 12.3. The molecule has 5 heteroatoms. The van der Waals surface area contributed by atoms with Crippen molar-refractivity contribution in [2.75, 3.05) is 6.54 Å². The van der Waals surface area contributed by atoms with Crippen LogP contribution in [0.3, 0.4) is 0 Å². The van der Waals surface area contributed by atoms with E-state index in [1.54, 1.807) is 0 Å². The Hall–Kier alpha value is -0.875. The minimum Gasteiger partial charge on any atom is -0.545 e. The van der Waals surface area contributed by atoms with Crippen molar-refractivity contribution in [3.8, 4) is 0 Å². The van der Waals surface area contributed by atoms with Crippen molar-refractivity contribution >= 4 is 12.1 Å². The van der Waals surface area contributed by atoms with Crippen LogP contribution in [-0.4, -0.2) is 34.8 Å². The summed E-state index contributed by atoms with van der Waals surface area (Å²) in [5.41, 5.74) is 1.88. The van der Waals surface area contributed by atoms with Gasteiger partial charge in [0.1, 0.15) is 0 Å². The number of rotatable bonds is 0. The summed E-state index contributed by atoms with van der Waals surface area (Å²) in [7, 11) is 0. The predicted molar refractivity (Wildman–Crippen MR) is 88.8 cm³/mol. The van der Waals surface area contributed by atoms with Crippen molar-refractivity contribution in [3.63, 3.8) is 0 Å². The highest BCUT2D eigenvalue weighted by Gasteiger charge is 2.62. The largest absolute Gasteiger partial charge is 0.545 e. The molecule has 2 fully saturated rings. The molecule has 120 valence electrons. The highest BCUT2D eigenvalue weighted by Crippen LogP contribution is 2.49. The third kappa shape index (κ3) is 1.68. The summed E-state index contributed by atoms with van der Waals surface area (Å²) in [5, 5.41) is 3.74. The van der Waals surface area contributed by atoms with Gasteiger partial charge < -0.3 is 14.1 Å². The Bertz CT molecular complexity index is 625. The summed E-state index contributed by atoms with van der Waals surface area (Å²) in [5.74, 6) is 0. The van der Waals surface area contributed by atoms with E-state index < -0.39 is 6.69 Å². The van der Waals surface area contributed by atoms with E-state index in [-0.39, 0.29) is 22.9 Å². The second-order valence-corrected chi connectivity index (χ2v) is 8.66. The van der Waals surface area contributed by atoms with Crippen LogP contribution in [-0.2, 0) is 9.31 Å². The first-order chi connectivity index (χ1) is 10.1. The Balaban J connectivity index is 1.89. The molecule has 1 spiro atoms. The molecule has 1 N–H and O–H groups in total. The van der Waals surface area contributed by atoms with Gasteiger partial charge in [0.05, 0.1) is 6.17 Å². The number of benzene rings is 1. The van der Waals surface area contributed by atoms with E-state index in [2.05, 4.69) is 75.9 Å². The second kappa shape index (κ2) is 3.96. The summed E-state index contributed by atoms with van der Waals surface area (Å²) >= 11 is 0. The zero-order chi connectivity index (χ0) is 16.0. The second-order valence-electron chi connectivity index (χ2n) is 8.66. The van der Waals surface area contributed by atoms with Crippen molar-refractivity contribution in [1.29, 1.82) is 0 Å². The Morgan fingerprint density at radius 3 is 2.27 bits per heavy atom. The smallest absolute Gasteiger partial charge is 0.350 e. The Morgan fingerprint density at radius 1 is 1.05 bits per heavy atom. The molecular weight excluding hydrogens is 275 g/mol. The van der Waals surface area contributed by atoms with E-state index in [0.717, 1.165) is 6.54 Å². The van der Waals surface area contributed by atoms with Gasteiger partial charge in [0, 0.05) is 16.7 Å². The van der Waals surface area contributed by atoms with E-state index in [1.807, 2.05) is 0 Å². The molecule has 3 aliphatic rings. The average Bonchev–Trinajstić information content (AvgIpc) is 2.89. The normalized spacial score (nSPS) is 33.1. The van der Waals surface area contributed by atoms with Gasteiger partial charge in [0.2, 0.25) is 0 Å². The first-order valence-corrected chi connectivity index (χ1v) is 8.26. The summed E-state index contributed by atoms with van der Waals surface area (Å²) in [6, 6.07) is 8.55. The van der Waals surface area contributed by atoms with Gasteiger partial charge in [-0.05, 0) is 53.7 Å². The van der Waals surface area contributed by atoms with Crippen molar-refractivity contribution in [2.45, 2.75) is 64.4 Å². The topological polar surface area (TPSA) is 33.7 Å².